The van der Waals surface area contributed by atoms with Crippen molar-refractivity contribution in [1.82, 2.24) is 9.88 Å². The van der Waals surface area contributed by atoms with Crippen molar-refractivity contribution in [1.29, 1.82) is 5.41 Å². The monoisotopic (exact) mass is 513 g/mol. The second kappa shape index (κ2) is 13.7. The smallest absolute Gasteiger partial charge is 0.300 e. The lowest BCUT2D eigenvalue weighted by Crippen LogP contribution is -2.38. The fraction of sp³-hybridized carbons (Fsp3) is 0.200. The number of carbonyl (C=O) groups excluding carboxylic acids is 1. The number of carboxylic acids is 1. The van der Waals surface area contributed by atoms with Gasteiger partial charge in [0.1, 0.15) is 11.5 Å². The molecule has 3 aromatic rings. The minimum absolute atomic E-state index is 0.134. The third kappa shape index (κ3) is 8.26. The number of nitrogens with zero attached hydrogens (tertiary/aromatic N) is 1. The topological polar surface area (TPSA) is 160 Å². The molecule has 1 aromatic heterocycles. The number of amides is 1. The summed E-state index contributed by atoms with van der Waals surface area (Å²) in [5, 5.41) is 21.1. The summed E-state index contributed by atoms with van der Waals surface area (Å²) < 4.78 is 6.84. The van der Waals surface area contributed by atoms with Gasteiger partial charge < -0.3 is 26.2 Å². The Labute approximate surface area is 213 Å². The molecule has 190 valence electrons. The van der Waals surface area contributed by atoms with Gasteiger partial charge in [-0.15, -0.1) is 0 Å². The Hall–Kier alpha value is -4.15. The highest BCUT2D eigenvalue weighted by Crippen LogP contribution is 2.18. The molecule has 0 aliphatic heterocycles. The average Bonchev–Trinajstić information content (AvgIpc) is 2.83. The van der Waals surface area contributed by atoms with Crippen molar-refractivity contribution in [3.63, 3.8) is 0 Å². The summed E-state index contributed by atoms with van der Waals surface area (Å²) in [6.45, 7) is 3.23. The van der Waals surface area contributed by atoms with E-state index >= 15 is 0 Å². The Morgan fingerprint density at radius 1 is 1.17 bits per heavy atom. The maximum absolute atomic E-state index is 13.0. The van der Waals surface area contributed by atoms with Gasteiger partial charge in [0.15, 0.2) is 0 Å². The minimum atomic E-state index is -1.14. The van der Waals surface area contributed by atoms with Crippen molar-refractivity contribution in [3.8, 4) is 0 Å². The van der Waals surface area contributed by atoms with Gasteiger partial charge in [0.25, 0.3) is 17.4 Å². The molecule has 0 spiro atoms. The van der Waals surface area contributed by atoms with E-state index in [1.54, 1.807) is 37.3 Å². The number of aliphatic carboxylic acids is 1. The molecule has 0 saturated carbocycles. The normalized spacial score (nSPS) is 11.0. The van der Waals surface area contributed by atoms with Gasteiger partial charge in [-0.2, -0.15) is 0 Å². The molecule has 2 aromatic carbocycles. The molecule has 0 saturated heterocycles. The Morgan fingerprint density at radius 2 is 1.83 bits per heavy atom. The van der Waals surface area contributed by atoms with E-state index in [2.05, 4.69) is 10.6 Å². The molecule has 1 unspecified atom stereocenters. The van der Waals surface area contributed by atoms with Gasteiger partial charge in [-0.3, -0.25) is 24.4 Å². The van der Waals surface area contributed by atoms with Crippen LogP contribution in [0.4, 0.5) is 11.4 Å². The van der Waals surface area contributed by atoms with E-state index in [0.717, 1.165) is 18.2 Å². The van der Waals surface area contributed by atoms with Crippen LogP contribution in [0.2, 0.25) is 5.02 Å². The number of anilines is 2. The standard InChI is InChI=1S/C23H24ClN5O3.C2H4O2/c1-2-32-23(21(30)27-14-15-10-11-17(20(25)26)18(24)13-15)29-12-6-9-19(22(29)31)28-16-7-4-3-5-8-16;1-2(3)4/h3-13,23,28H,2,14H2,1H3,(H3,25,26)(H,27,30);1H3,(H,3,4). The molecule has 6 N–H and O–H groups in total. The number of ether oxygens (including phenoxy) is 1. The van der Waals surface area contributed by atoms with Crippen LogP contribution in [0.1, 0.15) is 31.2 Å². The number of nitrogens with two attached hydrogens (primary N) is 1. The summed E-state index contributed by atoms with van der Waals surface area (Å²) >= 11 is 6.14. The molecule has 1 heterocycles. The number of benzene rings is 2. The lowest BCUT2D eigenvalue weighted by Gasteiger charge is -2.20. The molecule has 0 aliphatic rings. The van der Waals surface area contributed by atoms with Crippen LogP contribution in [0.3, 0.4) is 0 Å². The molecule has 1 amide bonds. The van der Waals surface area contributed by atoms with E-state index in [1.807, 2.05) is 30.3 Å². The lowest BCUT2D eigenvalue weighted by atomic mass is 10.1. The number of hydrogen-bond donors (Lipinski definition) is 5. The molecule has 0 bridgehead atoms. The Morgan fingerprint density at radius 3 is 2.42 bits per heavy atom. The number of carbonyl (C=O) groups is 2. The number of nitrogen functional groups attached to an aromatic ring is 1. The first-order valence-electron chi connectivity index (χ1n) is 10.9. The number of amidine groups is 1. The Kier molecular flexibility index (Phi) is 10.7. The average molecular weight is 514 g/mol. The summed E-state index contributed by atoms with van der Waals surface area (Å²) in [7, 11) is 0. The molecule has 0 radical (unpaired) electrons. The fourth-order valence-electron chi connectivity index (χ4n) is 3.07. The van der Waals surface area contributed by atoms with E-state index in [0.29, 0.717) is 16.3 Å². The number of pyridine rings is 1. The van der Waals surface area contributed by atoms with Crippen LogP contribution in [0.15, 0.2) is 71.7 Å². The summed E-state index contributed by atoms with van der Waals surface area (Å²) in [5.74, 6) is -1.44. The van der Waals surface area contributed by atoms with E-state index in [9.17, 15) is 9.59 Å². The predicted octanol–water partition coefficient (Wildman–Crippen LogP) is 3.47. The van der Waals surface area contributed by atoms with Crippen LogP contribution < -0.4 is 21.9 Å². The molecule has 0 fully saturated rings. The zero-order chi connectivity index (χ0) is 26.7. The maximum Gasteiger partial charge on any atom is 0.300 e. The second-order valence-corrected chi connectivity index (χ2v) is 7.80. The molecule has 11 heteroatoms. The van der Waals surface area contributed by atoms with Gasteiger partial charge >= 0.3 is 0 Å². The van der Waals surface area contributed by atoms with Gasteiger partial charge in [0.05, 0.1) is 5.02 Å². The van der Waals surface area contributed by atoms with Gasteiger partial charge in [-0.05, 0) is 48.9 Å². The minimum Gasteiger partial charge on any atom is -0.481 e. The van der Waals surface area contributed by atoms with Crippen molar-refractivity contribution >= 4 is 40.7 Å². The number of carboxylic acid groups (broad SMARTS) is 1. The van der Waals surface area contributed by atoms with E-state index < -0.39 is 18.1 Å². The van der Waals surface area contributed by atoms with Crippen molar-refractivity contribution < 1.29 is 19.4 Å². The number of halogens is 1. The van der Waals surface area contributed by atoms with Gasteiger partial charge in [0, 0.05) is 37.5 Å². The molecular formula is C25H28ClN5O5. The van der Waals surface area contributed by atoms with Crippen molar-refractivity contribution in [3.05, 3.63) is 93.4 Å². The Bertz CT molecular complexity index is 1260. The highest BCUT2D eigenvalue weighted by atomic mass is 35.5. The molecular weight excluding hydrogens is 486 g/mol. The first kappa shape index (κ1) is 28.1. The summed E-state index contributed by atoms with van der Waals surface area (Å²) in [5.41, 5.74) is 7.30. The number of rotatable bonds is 9. The summed E-state index contributed by atoms with van der Waals surface area (Å²) in [6.07, 6.45) is 0.369. The van der Waals surface area contributed by atoms with E-state index in [4.69, 9.17) is 37.4 Å². The molecule has 0 aliphatic carbocycles. The summed E-state index contributed by atoms with van der Waals surface area (Å²) in [4.78, 5) is 34.9. The SMILES string of the molecule is CC(=O)O.CCOC(C(=O)NCc1ccc(C(=N)N)c(Cl)c1)n1cccc(Nc2ccccc2)c1=O. The highest BCUT2D eigenvalue weighted by molar-refractivity contribution is 6.34. The number of hydrogen-bond acceptors (Lipinski definition) is 6. The van der Waals surface area contributed by atoms with Gasteiger partial charge in [-0.25, -0.2) is 0 Å². The fourth-order valence-corrected chi connectivity index (χ4v) is 3.38. The highest BCUT2D eigenvalue weighted by Gasteiger charge is 2.22. The molecule has 1 atom stereocenters. The number of aromatic nitrogens is 1. The maximum atomic E-state index is 13.0. The zero-order valence-electron chi connectivity index (χ0n) is 19.8. The quantitative estimate of drug-likeness (QED) is 0.216. The molecule has 10 nitrogen and oxygen atoms in total. The van der Waals surface area contributed by atoms with Crippen molar-refractivity contribution in [2.45, 2.75) is 26.6 Å². The van der Waals surface area contributed by atoms with Crippen molar-refractivity contribution in [2.75, 3.05) is 11.9 Å². The van der Waals surface area contributed by atoms with Crippen LogP contribution in [-0.4, -0.2) is 34.0 Å². The Balaban J connectivity index is 0.00000106. The molecule has 3 rings (SSSR count). The van der Waals surface area contributed by atoms with Crippen molar-refractivity contribution in [2.24, 2.45) is 5.73 Å². The first-order chi connectivity index (χ1) is 17.1. The van der Waals surface area contributed by atoms with Gasteiger partial charge in [-0.1, -0.05) is 35.9 Å². The third-order valence-corrected chi connectivity index (χ3v) is 4.93. The zero-order valence-corrected chi connectivity index (χ0v) is 20.6. The van der Waals surface area contributed by atoms with E-state index in [-0.39, 0.29) is 24.5 Å². The second-order valence-electron chi connectivity index (χ2n) is 7.40. The van der Waals surface area contributed by atoms with Crippen LogP contribution in [0.25, 0.3) is 0 Å². The van der Waals surface area contributed by atoms with E-state index in [1.165, 1.54) is 10.8 Å². The summed E-state index contributed by atoms with van der Waals surface area (Å²) in [6, 6.07) is 17.6. The van der Waals surface area contributed by atoms with Crippen LogP contribution in [0, 0.1) is 5.41 Å². The largest absolute Gasteiger partial charge is 0.481 e. The lowest BCUT2D eigenvalue weighted by molar-refractivity contribution is -0.139. The number of para-hydroxylation sites is 1. The van der Waals surface area contributed by atoms with Gasteiger partial charge in [0.2, 0.25) is 6.23 Å². The number of nitrogens with one attached hydrogen (secondary N) is 3. The third-order valence-electron chi connectivity index (χ3n) is 4.62. The van der Waals surface area contributed by atoms with Crippen LogP contribution in [0.5, 0.6) is 0 Å². The van der Waals surface area contributed by atoms with Crippen LogP contribution in [-0.2, 0) is 20.9 Å². The van der Waals surface area contributed by atoms with Crippen LogP contribution >= 0.6 is 11.6 Å². The predicted molar refractivity (Wildman–Crippen MR) is 139 cm³/mol. The molecule has 36 heavy (non-hydrogen) atoms. The first-order valence-corrected chi connectivity index (χ1v) is 11.3.